The molecule has 6 nitrogen and oxygen atoms in total. The summed E-state index contributed by atoms with van der Waals surface area (Å²) in [5.74, 6) is -0.346. The van der Waals surface area contributed by atoms with Gasteiger partial charge in [-0.15, -0.1) is 11.3 Å². The smallest absolute Gasteiger partial charge is 0.254 e. The van der Waals surface area contributed by atoms with Crippen molar-refractivity contribution in [3.05, 3.63) is 58.1 Å². The van der Waals surface area contributed by atoms with Crippen molar-refractivity contribution in [2.45, 2.75) is 11.4 Å². The van der Waals surface area contributed by atoms with Crippen LogP contribution in [-0.4, -0.2) is 31.3 Å². The molecule has 0 unspecified atom stereocenters. The van der Waals surface area contributed by atoms with E-state index in [4.69, 9.17) is 16.7 Å². The van der Waals surface area contributed by atoms with Gasteiger partial charge in [-0.05, 0) is 30.3 Å². The van der Waals surface area contributed by atoms with E-state index in [2.05, 4.69) is 4.98 Å². The Morgan fingerprint density at radius 2 is 2.00 bits per heavy atom. The number of carbonyl (C=O) groups excluding carboxylic acids is 1. The maximum Gasteiger partial charge on any atom is 0.254 e. The van der Waals surface area contributed by atoms with E-state index in [-0.39, 0.29) is 21.4 Å². The van der Waals surface area contributed by atoms with Gasteiger partial charge >= 0.3 is 0 Å². The largest absolute Gasteiger partial charge is 0.335 e. The first kappa shape index (κ1) is 17.8. The fourth-order valence-electron chi connectivity index (χ4n) is 2.34. The number of hydrogen-bond acceptors (Lipinski definition) is 5. The van der Waals surface area contributed by atoms with Crippen molar-refractivity contribution in [2.24, 2.45) is 5.14 Å². The van der Waals surface area contributed by atoms with Gasteiger partial charge in [0, 0.05) is 12.6 Å². The van der Waals surface area contributed by atoms with E-state index < -0.39 is 10.0 Å². The standard InChI is InChI=1S/C16H14ClN3O3S2/c1-20(9-15-19-12-4-2-3-5-13(12)24-15)16(21)10-6-7-11(17)14(8-10)25(18,22)23/h2-8H,9H2,1H3,(H2,18,22,23). The highest BCUT2D eigenvalue weighted by Crippen LogP contribution is 2.24. The molecule has 130 valence electrons. The Labute approximate surface area is 153 Å². The lowest BCUT2D eigenvalue weighted by molar-refractivity contribution is 0.0785. The summed E-state index contributed by atoms with van der Waals surface area (Å²) in [4.78, 5) is 18.3. The second-order valence-electron chi connectivity index (χ2n) is 5.43. The zero-order chi connectivity index (χ0) is 18.2. The second kappa shape index (κ2) is 6.72. The van der Waals surface area contributed by atoms with Gasteiger partial charge in [0.15, 0.2) is 0 Å². The molecule has 25 heavy (non-hydrogen) atoms. The first-order chi connectivity index (χ1) is 11.8. The van der Waals surface area contributed by atoms with Crippen LogP contribution in [0.3, 0.4) is 0 Å². The van der Waals surface area contributed by atoms with Crippen LogP contribution in [0.15, 0.2) is 47.4 Å². The summed E-state index contributed by atoms with van der Waals surface area (Å²) in [6, 6.07) is 11.7. The van der Waals surface area contributed by atoms with Crippen LogP contribution in [-0.2, 0) is 16.6 Å². The number of hydrogen-bond donors (Lipinski definition) is 1. The maximum atomic E-state index is 12.6. The summed E-state index contributed by atoms with van der Waals surface area (Å²) >= 11 is 7.35. The Bertz CT molecular complexity index is 1030. The van der Waals surface area contributed by atoms with Gasteiger partial charge in [-0.2, -0.15) is 0 Å². The lowest BCUT2D eigenvalue weighted by atomic mass is 10.2. The summed E-state index contributed by atoms with van der Waals surface area (Å²) < 4.78 is 24.1. The average molecular weight is 396 g/mol. The third kappa shape index (κ3) is 3.82. The molecular formula is C16H14ClN3O3S2. The number of primary sulfonamides is 1. The van der Waals surface area contributed by atoms with Gasteiger partial charge in [0.1, 0.15) is 9.90 Å². The molecule has 3 rings (SSSR count). The highest BCUT2D eigenvalue weighted by molar-refractivity contribution is 7.89. The molecular weight excluding hydrogens is 382 g/mol. The molecule has 0 saturated heterocycles. The highest BCUT2D eigenvalue weighted by atomic mass is 35.5. The van der Waals surface area contributed by atoms with Gasteiger partial charge in [-0.1, -0.05) is 23.7 Å². The Kier molecular flexibility index (Phi) is 4.79. The van der Waals surface area contributed by atoms with Crippen molar-refractivity contribution in [3.8, 4) is 0 Å². The molecule has 0 saturated carbocycles. The fourth-order valence-corrected chi connectivity index (χ4v) is 4.43. The molecule has 0 aliphatic rings. The summed E-state index contributed by atoms with van der Waals surface area (Å²) in [5.41, 5.74) is 1.07. The van der Waals surface area contributed by atoms with E-state index >= 15 is 0 Å². The zero-order valence-corrected chi connectivity index (χ0v) is 15.5. The number of sulfonamides is 1. The molecule has 3 aromatic rings. The molecule has 1 amide bonds. The van der Waals surface area contributed by atoms with Crippen LogP contribution in [0.2, 0.25) is 5.02 Å². The van der Waals surface area contributed by atoms with Crippen molar-refractivity contribution in [2.75, 3.05) is 7.05 Å². The normalized spacial score (nSPS) is 11.6. The molecule has 0 spiro atoms. The monoisotopic (exact) mass is 395 g/mol. The summed E-state index contributed by atoms with van der Waals surface area (Å²) in [5, 5.41) is 5.89. The molecule has 1 aromatic heterocycles. The van der Waals surface area contributed by atoms with E-state index in [0.717, 1.165) is 15.2 Å². The third-order valence-corrected chi connectivity index (χ3v) is 5.96. The number of amides is 1. The van der Waals surface area contributed by atoms with Gasteiger partial charge < -0.3 is 4.90 Å². The van der Waals surface area contributed by atoms with Crippen LogP contribution < -0.4 is 5.14 Å². The number of halogens is 1. The minimum atomic E-state index is -4.00. The van der Waals surface area contributed by atoms with Crippen LogP contribution in [0, 0.1) is 0 Å². The number of thiazole rings is 1. The van der Waals surface area contributed by atoms with Crippen LogP contribution in [0.1, 0.15) is 15.4 Å². The third-order valence-electron chi connectivity index (χ3n) is 3.54. The highest BCUT2D eigenvalue weighted by Gasteiger charge is 2.19. The van der Waals surface area contributed by atoms with Crippen LogP contribution in [0.25, 0.3) is 10.2 Å². The van der Waals surface area contributed by atoms with Crippen LogP contribution in [0.4, 0.5) is 0 Å². The van der Waals surface area contributed by atoms with Crippen LogP contribution >= 0.6 is 22.9 Å². The molecule has 0 fully saturated rings. The maximum absolute atomic E-state index is 12.6. The van der Waals surface area contributed by atoms with Gasteiger partial charge in [-0.3, -0.25) is 4.79 Å². The predicted octanol–water partition coefficient (Wildman–Crippen LogP) is 2.87. The van der Waals surface area contributed by atoms with Crippen molar-refractivity contribution in [1.29, 1.82) is 0 Å². The fraction of sp³-hybridized carbons (Fsp3) is 0.125. The molecule has 1 heterocycles. The molecule has 0 atom stereocenters. The molecule has 2 aromatic carbocycles. The van der Waals surface area contributed by atoms with E-state index in [1.54, 1.807) is 7.05 Å². The molecule has 0 radical (unpaired) electrons. The van der Waals surface area contributed by atoms with E-state index in [0.29, 0.717) is 6.54 Å². The Balaban J connectivity index is 1.85. The lowest BCUT2D eigenvalue weighted by Gasteiger charge is -2.16. The first-order valence-electron chi connectivity index (χ1n) is 7.18. The number of carbonyl (C=O) groups is 1. The predicted molar refractivity (Wildman–Crippen MR) is 98.2 cm³/mol. The molecule has 2 N–H and O–H groups in total. The molecule has 0 aliphatic carbocycles. The zero-order valence-electron chi connectivity index (χ0n) is 13.1. The van der Waals surface area contributed by atoms with Gasteiger partial charge in [-0.25, -0.2) is 18.5 Å². The van der Waals surface area contributed by atoms with Crippen molar-refractivity contribution >= 4 is 49.1 Å². The van der Waals surface area contributed by atoms with E-state index in [1.807, 2.05) is 24.3 Å². The number of para-hydroxylation sites is 1. The quantitative estimate of drug-likeness (QED) is 0.734. The molecule has 0 bridgehead atoms. The summed E-state index contributed by atoms with van der Waals surface area (Å²) in [6.07, 6.45) is 0. The number of rotatable bonds is 4. The summed E-state index contributed by atoms with van der Waals surface area (Å²) in [7, 11) is -2.38. The van der Waals surface area contributed by atoms with Gasteiger partial charge in [0.05, 0.1) is 21.8 Å². The van der Waals surface area contributed by atoms with E-state index in [1.165, 1.54) is 34.4 Å². The van der Waals surface area contributed by atoms with Crippen molar-refractivity contribution in [1.82, 2.24) is 9.88 Å². The topological polar surface area (TPSA) is 93.4 Å². The molecule has 9 heteroatoms. The second-order valence-corrected chi connectivity index (χ2v) is 8.48. The number of benzene rings is 2. The number of fused-ring (bicyclic) bond motifs is 1. The number of nitrogens with two attached hydrogens (primary N) is 1. The summed E-state index contributed by atoms with van der Waals surface area (Å²) in [6.45, 7) is 0.311. The Morgan fingerprint density at radius 3 is 2.68 bits per heavy atom. The van der Waals surface area contributed by atoms with Crippen molar-refractivity contribution < 1.29 is 13.2 Å². The first-order valence-corrected chi connectivity index (χ1v) is 9.92. The number of nitrogens with zero attached hydrogens (tertiary/aromatic N) is 2. The minimum Gasteiger partial charge on any atom is -0.335 e. The Hall–Kier alpha value is -2.00. The SMILES string of the molecule is CN(Cc1nc2ccccc2s1)C(=O)c1ccc(Cl)c(S(N)(=O)=O)c1. The Morgan fingerprint density at radius 1 is 1.28 bits per heavy atom. The van der Waals surface area contributed by atoms with Gasteiger partial charge in [0.2, 0.25) is 10.0 Å². The van der Waals surface area contributed by atoms with E-state index in [9.17, 15) is 13.2 Å². The minimum absolute atomic E-state index is 0.0205. The number of aromatic nitrogens is 1. The van der Waals surface area contributed by atoms with Gasteiger partial charge in [0.25, 0.3) is 5.91 Å². The van der Waals surface area contributed by atoms with Crippen molar-refractivity contribution in [3.63, 3.8) is 0 Å². The average Bonchev–Trinajstić information content (AvgIpc) is 2.95. The lowest BCUT2D eigenvalue weighted by Crippen LogP contribution is -2.26. The van der Waals surface area contributed by atoms with Crippen LogP contribution in [0.5, 0.6) is 0 Å². The molecule has 0 aliphatic heterocycles.